The van der Waals surface area contributed by atoms with Crippen molar-refractivity contribution in [1.82, 2.24) is 5.32 Å². The zero-order chi connectivity index (χ0) is 16.1. The molecular formula is C16H19N3O2S. The number of thiophene rings is 1. The number of hydrogen-bond acceptors (Lipinski definition) is 4. The third-order valence-electron chi connectivity index (χ3n) is 3.32. The summed E-state index contributed by atoms with van der Waals surface area (Å²) < 4.78 is 0. The van der Waals surface area contributed by atoms with E-state index in [1.54, 1.807) is 36.6 Å². The lowest BCUT2D eigenvalue weighted by molar-refractivity contribution is -0.117. The predicted octanol–water partition coefficient (Wildman–Crippen LogP) is 1.92. The van der Waals surface area contributed by atoms with Gasteiger partial charge in [0.05, 0.1) is 6.04 Å². The molecule has 0 aliphatic rings. The lowest BCUT2D eigenvalue weighted by Gasteiger charge is -2.14. The number of hydrogen-bond donors (Lipinski definition) is 3. The van der Waals surface area contributed by atoms with Crippen molar-refractivity contribution in [3.63, 3.8) is 0 Å². The molecule has 1 aromatic heterocycles. The summed E-state index contributed by atoms with van der Waals surface area (Å²) in [6.45, 7) is 1.87. The van der Waals surface area contributed by atoms with Crippen molar-refractivity contribution in [3.05, 3.63) is 51.7 Å². The summed E-state index contributed by atoms with van der Waals surface area (Å²) in [5.74, 6) is -0.455. The summed E-state index contributed by atoms with van der Waals surface area (Å²) in [6, 6.07) is 8.43. The molecule has 0 saturated carbocycles. The first kappa shape index (κ1) is 16.2. The zero-order valence-electron chi connectivity index (χ0n) is 12.6. The fourth-order valence-electron chi connectivity index (χ4n) is 2.01. The molecule has 2 amide bonds. The highest BCUT2D eigenvalue weighted by molar-refractivity contribution is 7.09. The topological polar surface area (TPSA) is 84.2 Å². The van der Waals surface area contributed by atoms with Gasteiger partial charge in [-0.25, -0.2) is 0 Å². The van der Waals surface area contributed by atoms with Gasteiger partial charge in [-0.15, -0.1) is 11.3 Å². The second-order valence-electron chi connectivity index (χ2n) is 4.99. The highest BCUT2D eigenvalue weighted by atomic mass is 32.1. The van der Waals surface area contributed by atoms with Crippen LogP contribution < -0.4 is 16.4 Å². The number of aryl methyl sites for hydroxylation is 1. The van der Waals surface area contributed by atoms with Crippen LogP contribution in [0.3, 0.4) is 0 Å². The summed E-state index contributed by atoms with van der Waals surface area (Å²) in [6.07, 6.45) is 0.498. The largest absolute Gasteiger partial charge is 0.355 e. The zero-order valence-corrected chi connectivity index (χ0v) is 13.4. The molecule has 116 valence electrons. The van der Waals surface area contributed by atoms with Crippen molar-refractivity contribution in [3.8, 4) is 0 Å². The molecule has 22 heavy (non-hydrogen) atoms. The molecule has 1 heterocycles. The van der Waals surface area contributed by atoms with E-state index in [-0.39, 0.29) is 11.8 Å². The van der Waals surface area contributed by atoms with Gasteiger partial charge in [-0.1, -0.05) is 12.1 Å². The van der Waals surface area contributed by atoms with E-state index in [1.165, 1.54) is 0 Å². The van der Waals surface area contributed by atoms with Gasteiger partial charge in [0.25, 0.3) is 5.91 Å². The van der Waals surface area contributed by atoms with Gasteiger partial charge in [0.15, 0.2) is 0 Å². The molecule has 1 atom stereocenters. The van der Waals surface area contributed by atoms with E-state index < -0.39 is 6.04 Å². The Bertz CT molecular complexity index is 668. The molecule has 2 aromatic rings. The second kappa shape index (κ2) is 7.20. The Morgan fingerprint density at radius 1 is 1.32 bits per heavy atom. The molecule has 0 radical (unpaired) electrons. The SMILES string of the molecule is CNC(=O)c1ccc(C)c(NC(=O)C(N)Cc2cccs2)c1. The summed E-state index contributed by atoms with van der Waals surface area (Å²) in [7, 11) is 1.57. The molecule has 1 unspecified atom stereocenters. The Balaban J connectivity index is 2.08. The fraction of sp³-hybridized carbons (Fsp3) is 0.250. The van der Waals surface area contributed by atoms with E-state index in [0.29, 0.717) is 17.7 Å². The summed E-state index contributed by atoms with van der Waals surface area (Å²) in [4.78, 5) is 24.9. The van der Waals surface area contributed by atoms with Crippen LogP contribution in [0.4, 0.5) is 5.69 Å². The van der Waals surface area contributed by atoms with Crippen molar-refractivity contribution in [2.45, 2.75) is 19.4 Å². The Kier molecular flexibility index (Phi) is 5.30. The van der Waals surface area contributed by atoms with Gasteiger partial charge in [-0.3, -0.25) is 9.59 Å². The lowest BCUT2D eigenvalue weighted by Crippen LogP contribution is -2.37. The molecular weight excluding hydrogens is 298 g/mol. The summed E-state index contributed by atoms with van der Waals surface area (Å²) in [5.41, 5.74) is 7.92. The molecule has 2 rings (SSSR count). The van der Waals surface area contributed by atoms with Crippen LogP contribution >= 0.6 is 11.3 Å². The smallest absolute Gasteiger partial charge is 0.251 e. The average Bonchev–Trinajstić information content (AvgIpc) is 3.01. The van der Waals surface area contributed by atoms with Crippen molar-refractivity contribution in [1.29, 1.82) is 0 Å². The minimum Gasteiger partial charge on any atom is -0.355 e. The van der Waals surface area contributed by atoms with Gasteiger partial charge in [0.1, 0.15) is 0 Å². The third-order valence-corrected chi connectivity index (χ3v) is 4.22. The molecule has 6 heteroatoms. The van der Waals surface area contributed by atoms with Crippen LogP contribution in [-0.2, 0) is 11.2 Å². The quantitative estimate of drug-likeness (QED) is 0.788. The number of rotatable bonds is 5. The van der Waals surface area contributed by atoms with Crippen molar-refractivity contribution >= 4 is 28.8 Å². The van der Waals surface area contributed by atoms with Crippen molar-refractivity contribution in [2.24, 2.45) is 5.73 Å². The van der Waals surface area contributed by atoms with E-state index in [0.717, 1.165) is 10.4 Å². The second-order valence-corrected chi connectivity index (χ2v) is 6.02. The van der Waals surface area contributed by atoms with E-state index in [4.69, 9.17) is 5.73 Å². The van der Waals surface area contributed by atoms with Crippen molar-refractivity contribution < 1.29 is 9.59 Å². The number of carbonyl (C=O) groups is 2. The van der Waals surface area contributed by atoms with Crippen LogP contribution in [0.1, 0.15) is 20.8 Å². The summed E-state index contributed by atoms with van der Waals surface area (Å²) in [5, 5.41) is 7.32. The molecule has 0 bridgehead atoms. The summed E-state index contributed by atoms with van der Waals surface area (Å²) >= 11 is 1.57. The van der Waals surface area contributed by atoms with E-state index >= 15 is 0 Å². The first-order valence-electron chi connectivity index (χ1n) is 6.93. The number of carbonyl (C=O) groups excluding carboxylic acids is 2. The normalized spacial score (nSPS) is 11.8. The lowest BCUT2D eigenvalue weighted by atomic mass is 10.1. The number of nitrogens with two attached hydrogens (primary N) is 1. The Hall–Kier alpha value is -2.18. The van der Waals surface area contributed by atoms with E-state index in [2.05, 4.69) is 10.6 Å². The molecule has 0 saturated heterocycles. The highest BCUT2D eigenvalue weighted by Crippen LogP contribution is 2.18. The first-order valence-corrected chi connectivity index (χ1v) is 7.80. The molecule has 5 nitrogen and oxygen atoms in total. The monoisotopic (exact) mass is 317 g/mol. The molecule has 0 aliphatic heterocycles. The standard InChI is InChI=1S/C16H19N3O2S/c1-10-5-6-11(15(20)18-2)8-14(10)19-16(21)13(17)9-12-4-3-7-22-12/h3-8,13H,9,17H2,1-2H3,(H,18,20)(H,19,21). The minimum absolute atomic E-state index is 0.196. The minimum atomic E-state index is -0.623. The Labute approximate surface area is 133 Å². The van der Waals surface area contributed by atoms with Gasteiger partial charge >= 0.3 is 0 Å². The van der Waals surface area contributed by atoms with Crippen LogP contribution in [0.5, 0.6) is 0 Å². The van der Waals surface area contributed by atoms with Crippen LogP contribution in [0.25, 0.3) is 0 Å². The van der Waals surface area contributed by atoms with Gasteiger partial charge in [0, 0.05) is 29.6 Å². The van der Waals surface area contributed by atoms with Crippen molar-refractivity contribution in [2.75, 3.05) is 12.4 Å². The van der Waals surface area contributed by atoms with Crippen LogP contribution in [-0.4, -0.2) is 24.9 Å². The fourth-order valence-corrected chi connectivity index (χ4v) is 2.77. The van der Waals surface area contributed by atoms with E-state index in [1.807, 2.05) is 24.4 Å². The van der Waals surface area contributed by atoms with Gasteiger partial charge in [-0.2, -0.15) is 0 Å². The number of benzene rings is 1. The third kappa shape index (κ3) is 3.93. The molecule has 0 aliphatic carbocycles. The first-order chi connectivity index (χ1) is 10.5. The number of nitrogens with one attached hydrogen (secondary N) is 2. The number of amides is 2. The Morgan fingerprint density at radius 3 is 2.73 bits per heavy atom. The maximum atomic E-state index is 12.2. The number of anilines is 1. The average molecular weight is 317 g/mol. The van der Waals surface area contributed by atoms with Gasteiger partial charge in [-0.05, 0) is 36.1 Å². The highest BCUT2D eigenvalue weighted by Gasteiger charge is 2.16. The predicted molar refractivity (Wildman–Crippen MR) is 89.2 cm³/mol. The maximum absolute atomic E-state index is 12.2. The maximum Gasteiger partial charge on any atom is 0.251 e. The molecule has 4 N–H and O–H groups in total. The van der Waals surface area contributed by atoms with Gasteiger partial charge in [0.2, 0.25) is 5.91 Å². The van der Waals surface area contributed by atoms with Gasteiger partial charge < -0.3 is 16.4 Å². The Morgan fingerprint density at radius 2 is 2.09 bits per heavy atom. The van der Waals surface area contributed by atoms with Crippen LogP contribution in [0.15, 0.2) is 35.7 Å². The van der Waals surface area contributed by atoms with E-state index in [9.17, 15) is 9.59 Å². The molecule has 0 spiro atoms. The van der Waals surface area contributed by atoms with Crippen LogP contribution in [0.2, 0.25) is 0 Å². The molecule has 0 fully saturated rings. The molecule has 1 aromatic carbocycles. The van der Waals surface area contributed by atoms with Crippen LogP contribution in [0, 0.1) is 6.92 Å².